The van der Waals surface area contributed by atoms with Gasteiger partial charge in [0.1, 0.15) is 11.6 Å². The maximum absolute atomic E-state index is 14.1. The summed E-state index contributed by atoms with van der Waals surface area (Å²) in [6, 6.07) is 10.3. The Kier molecular flexibility index (Phi) is 7.46. The lowest BCUT2D eigenvalue weighted by Crippen LogP contribution is -2.37. The second kappa shape index (κ2) is 10.3. The van der Waals surface area contributed by atoms with Crippen LogP contribution in [0.15, 0.2) is 42.5 Å². The maximum Gasteiger partial charge on any atom is 0.513 e. The van der Waals surface area contributed by atoms with Crippen molar-refractivity contribution in [2.45, 2.75) is 13.3 Å². The predicted molar refractivity (Wildman–Crippen MR) is 112 cm³/mol. The summed E-state index contributed by atoms with van der Waals surface area (Å²) in [5, 5.41) is 0.0623. The molecule has 0 atom stereocenters. The fourth-order valence-corrected chi connectivity index (χ4v) is 3.52. The molecule has 0 aromatic heterocycles. The molecule has 0 aliphatic carbocycles. The third-order valence-corrected chi connectivity index (χ3v) is 5.13. The first-order chi connectivity index (χ1) is 14.9. The molecular formula is C22H22ClFN2O5. The van der Waals surface area contributed by atoms with Crippen LogP contribution in [0.2, 0.25) is 5.02 Å². The zero-order chi connectivity index (χ0) is 22.4. The van der Waals surface area contributed by atoms with E-state index >= 15 is 0 Å². The van der Waals surface area contributed by atoms with Crippen LogP contribution in [-0.2, 0) is 4.74 Å². The first kappa shape index (κ1) is 22.6. The number of halogens is 2. The van der Waals surface area contributed by atoms with Gasteiger partial charge in [-0.2, -0.15) is 0 Å². The molecule has 7 nitrogen and oxygen atoms in total. The summed E-state index contributed by atoms with van der Waals surface area (Å²) in [5.41, 5.74) is 0.272. The Morgan fingerprint density at radius 2 is 1.61 bits per heavy atom. The summed E-state index contributed by atoms with van der Waals surface area (Å²) in [5.74, 6) is -1.09. The van der Waals surface area contributed by atoms with Crippen LogP contribution in [0.3, 0.4) is 0 Å². The van der Waals surface area contributed by atoms with Gasteiger partial charge in [0.2, 0.25) is 0 Å². The minimum atomic E-state index is -0.811. The highest BCUT2D eigenvalue weighted by molar-refractivity contribution is 6.33. The summed E-state index contributed by atoms with van der Waals surface area (Å²) < 4.78 is 23.8. The minimum absolute atomic E-state index is 0.0623. The van der Waals surface area contributed by atoms with E-state index in [4.69, 9.17) is 21.1 Å². The Morgan fingerprint density at radius 3 is 2.23 bits per heavy atom. The van der Waals surface area contributed by atoms with Gasteiger partial charge in [-0.05, 0) is 49.7 Å². The van der Waals surface area contributed by atoms with Gasteiger partial charge in [-0.25, -0.2) is 9.18 Å². The lowest BCUT2D eigenvalue weighted by atomic mass is 10.1. The van der Waals surface area contributed by atoms with E-state index in [-0.39, 0.29) is 35.4 Å². The van der Waals surface area contributed by atoms with Gasteiger partial charge < -0.3 is 19.3 Å². The number of hydrogen-bond donors (Lipinski definition) is 0. The molecule has 1 fully saturated rings. The van der Waals surface area contributed by atoms with Crippen molar-refractivity contribution in [3.63, 3.8) is 0 Å². The summed E-state index contributed by atoms with van der Waals surface area (Å²) in [4.78, 5) is 40.1. The van der Waals surface area contributed by atoms with E-state index in [0.717, 1.165) is 0 Å². The predicted octanol–water partition coefficient (Wildman–Crippen LogP) is 4.00. The van der Waals surface area contributed by atoms with E-state index < -0.39 is 17.9 Å². The molecule has 1 aliphatic rings. The van der Waals surface area contributed by atoms with Crippen molar-refractivity contribution in [1.82, 2.24) is 9.80 Å². The largest absolute Gasteiger partial charge is 0.513 e. The Labute approximate surface area is 184 Å². The molecule has 2 aromatic rings. The van der Waals surface area contributed by atoms with Gasteiger partial charge in [-0.15, -0.1) is 0 Å². The number of carbonyl (C=O) groups excluding carboxylic acids is 3. The van der Waals surface area contributed by atoms with Crippen LogP contribution in [-0.4, -0.2) is 60.6 Å². The molecule has 1 heterocycles. The van der Waals surface area contributed by atoms with E-state index in [9.17, 15) is 18.8 Å². The van der Waals surface area contributed by atoms with Gasteiger partial charge in [0, 0.05) is 31.7 Å². The van der Waals surface area contributed by atoms with Crippen molar-refractivity contribution in [1.29, 1.82) is 0 Å². The number of rotatable bonds is 4. The summed E-state index contributed by atoms with van der Waals surface area (Å²) in [6.45, 7) is 3.28. The standard InChI is InChI=1S/C22H22ClFN2O5/c1-2-30-22(29)31-16-9-7-15(8-10-16)20(27)25-11-4-12-26(14-13-25)21(28)19-17(23)5-3-6-18(19)24/h3,5-10H,2,4,11-14H2,1H3. The van der Waals surface area contributed by atoms with Gasteiger partial charge >= 0.3 is 6.16 Å². The zero-order valence-corrected chi connectivity index (χ0v) is 17.7. The topological polar surface area (TPSA) is 76.2 Å². The van der Waals surface area contributed by atoms with Gasteiger partial charge in [0.25, 0.3) is 11.8 Å². The molecule has 0 saturated carbocycles. The highest BCUT2D eigenvalue weighted by Crippen LogP contribution is 2.22. The molecule has 0 radical (unpaired) electrons. The maximum atomic E-state index is 14.1. The molecule has 31 heavy (non-hydrogen) atoms. The van der Waals surface area contributed by atoms with E-state index in [2.05, 4.69) is 0 Å². The van der Waals surface area contributed by atoms with Gasteiger partial charge in [0.15, 0.2) is 0 Å². The Balaban J connectivity index is 1.63. The molecule has 0 N–H and O–H groups in total. The van der Waals surface area contributed by atoms with Crippen molar-refractivity contribution in [3.05, 3.63) is 64.4 Å². The highest BCUT2D eigenvalue weighted by atomic mass is 35.5. The Morgan fingerprint density at radius 1 is 0.968 bits per heavy atom. The Bertz CT molecular complexity index is 947. The summed E-state index contributed by atoms with van der Waals surface area (Å²) in [6.07, 6.45) is -0.262. The lowest BCUT2D eigenvalue weighted by molar-refractivity contribution is 0.0716. The smallest absolute Gasteiger partial charge is 0.434 e. The SMILES string of the molecule is CCOC(=O)Oc1ccc(C(=O)N2CCCN(C(=O)c3c(F)cccc3Cl)CC2)cc1. The molecular weight excluding hydrogens is 427 g/mol. The van der Waals surface area contributed by atoms with Crippen molar-refractivity contribution in [3.8, 4) is 5.75 Å². The van der Waals surface area contributed by atoms with Crippen LogP contribution < -0.4 is 4.74 Å². The minimum Gasteiger partial charge on any atom is -0.434 e. The molecule has 3 rings (SSSR count). The average Bonchev–Trinajstić information content (AvgIpc) is 3.00. The lowest BCUT2D eigenvalue weighted by Gasteiger charge is -2.23. The van der Waals surface area contributed by atoms with Gasteiger partial charge in [-0.1, -0.05) is 17.7 Å². The zero-order valence-electron chi connectivity index (χ0n) is 17.0. The summed E-state index contributed by atoms with van der Waals surface area (Å²) >= 11 is 6.01. The second-order valence-electron chi connectivity index (χ2n) is 6.84. The summed E-state index contributed by atoms with van der Waals surface area (Å²) in [7, 11) is 0. The third kappa shape index (κ3) is 5.52. The monoisotopic (exact) mass is 448 g/mol. The molecule has 1 saturated heterocycles. The average molecular weight is 449 g/mol. The van der Waals surface area contributed by atoms with Crippen LogP contribution in [0.25, 0.3) is 0 Å². The van der Waals surface area contributed by atoms with Crippen LogP contribution in [0.4, 0.5) is 9.18 Å². The molecule has 0 bridgehead atoms. The van der Waals surface area contributed by atoms with E-state index in [1.807, 2.05) is 0 Å². The number of nitrogens with zero attached hydrogens (tertiary/aromatic N) is 2. The molecule has 2 amide bonds. The fourth-order valence-electron chi connectivity index (χ4n) is 3.28. The van der Waals surface area contributed by atoms with Crippen molar-refractivity contribution in [2.24, 2.45) is 0 Å². The molecule has 0 spiro atoms. The second-order valence-corrected chi connectivity index (χ2v) is 7.25. The first-order valence-electron chi connectivity index (χ1n) is 9.88. The number of benzene rings is 2. The van der Waals surface area contributed by atoms with E-state index in [1.165, 1.54) is 35.2 Å². The third-order valence-electron chi connectivity index (χ3n) is 4.81. The van der Waals surface area contributed by atoms with Crippen molar-refractivity contribution in [2.75, 3.05) is 32.8 Å². The Hall–Kier alpha value is -3.13. The van der Waals surface area contributed by atoms with Crippen LogP contribution >= 0.6 is 11.6 Å². The van der Waals surface area contributed by atoms with Gasteiger partial charge in [-0.3, -0.25) is 9.59 Å². The quantitative estimate of drug-likeness (QED) is 0.522. The highest BCUT2D eigenvalue weighted by Gasteiger charge is 2.26. The molecule has 1 aliphatic heterocycles. The number of ether oxygens (including phenoxy) is 2. The number of amides is 2. The van der Waals surface area contributed by atoms with E-state index in [1.54, 1.807) is 24.0 Å². The fraction of sp³-hybridized carbons (Fsp3) is 0.318. The molecule has 164 valence electrons. The van der Waals surface area contributed by atoms with Crippen LogP contribution in [0.1, 0.15) is 34.1 Å². The van der Waals surface area contributed by atoms with Gasteiger partial charge in [0.05, 0.1) is 17.2 Å². The molecule has 9 heteroatoms. The molecule has 0 unspecified atom stereocenters. The first-order valence-corrected chi connectivity index (χ1v) is 10.3. The molecule has 2 aromatic carbocycles. The van der Waals surface area contributed by atoms with Crippen LogP contribution in [0.5, 0.6) is 5.75 Å². The number of carbonyl (C=O) groups is 3. The normalized spacial score (nSPS) is 14.0. The van der Waals surface area contributed by atoms with E-state index in [0.29, 0.717) is 31.6 Å². The number of hydrogen-bond acceptors (Lipinski definition) is 5. The van der Waals surface area contributed by atoms with Crippen molar-refractivity contribution < 1.29 is 28.2 Å². The van der Waals surface area contributed by atoms with Crippen LogP contribution in [0, 0.1) is 5.82 Å². The van der Waals surface area contributed by atoms with Crippen molar-refractivity contribution >= 4 is 29.6 Å².